The van der Waals surface area contributed by atoms with Crippen LogP contribution in [0.3, 0.4) is 0 Å². The molecule has 0 aromatic heterocycles. The van der Waals surface area contributed by atoms with Crippen molar-refractivity contribution in [3.05, 3.63) is 42.0 Å². The number of fused-ring (bicyclic) bond motifs is 1. The summed E-state index contributed by atoms with van der Waals surface area (Å²) in [5.41, 5.74) is 1.20. The zero-order valence-electron chi connectivity index (χ0n) is 13.4. The number of benzene rings is 2. The van der Waals surface area contributed by atoms with Crippen molar-refractivity contribution in [3.8, 4) is 23.0 Å². The Morgan fingerprint density at radius 3 is 2.64 bits per heavy atom. The van der Waals surface area contributed by atoms with Crippen molar-refractivity contribution in [2.45, 2.75) is 19.4 Å². The summed E-state index contributed by atoms with van der Waals surface area (Å²) < 4.78 is 23.5. The zero-order chi connectivity index (χ0) is 18.0. The van der Waals surface area contributed by atoms with Crippen LogP contribution in [0.5, 0.6) is 23.0 Å². The number of carbonyl (C=O) groups is 1. The van der Waals surface area contributed by atoms with E-state index >= 15 is 0 Å². The summed E-state index contributed by atoms with van der Waals surface area (Å²) >= 11 is 0. The topological polar surface area (TPSA) is 100 Å². The Labute approximate surface area is 143 Å². The molecule has 132 valence electrons. The minimum atomic E-state index is -2.21. The maximum Gasteiger partial charge on any atom is 0.404 e. The van der Waals surface area contributed by atoms with Gasteiger partial charge in [0.15, 0.2) is 23.0 Å². The number of rotatable bonds is 4. The molecular weight excluding hydrogens is 331 g/mol. The van der Waals surface area contributed by atoms with Crippen LogP contribution < -0.4 is 20.1 Å². The second-order valence-corrected chi connectivity index (χ2v) is 5.65. The van der Waals surface area contributed by atoms with Crippen LogP contribution in [0.1, 0.15) is 12.5 Å². The molecule has 0 saturated heterocycles. The third kappa shape index (κ3) is 4.03. The summed E-state index contributed by atoms with van der Waals surface area (Å²) in [6, 6.07) is 6.37. The van der Waals surface area contributed by atoms with E-state index < -0.39 is 12.1 Å². The molecule has 2 aromatic carbocycles. The normalized spacial score (nSPS) is 18.0. The van der Waals surface area contributed by atoms with E-state index in [4.69, 9.17) is 9.47 Å². The summed E-state index contributed by atoms with van der Waals surface area (Å²) in [6.07, 6.45) is 0.475. The molecule has 0 saturated carbocycles. The van der Waals surface area contributed by atoms with Crippen LogP contribution in [0.25, 0.3) is 0 Å². The molecule has 2 aromatic rings. The minimum Gasteiger partial charge on any atom is -0.504 e. The number of halogens is 1. The molecule has 4 N–H and O–H groups in total. The highest BCUT2D eigenvalue weighted by Gasteiger charge is 2.36. The fourth-order valence-electron chi connectivity index (χ4n) is 2.38. The van der Waals surface area contributed by atoms with Gasteiger partial charge in [0, 0.05) is 25.2 Å². The molecule has 1 atom stereocenters. The van der Waals surface area contributed by atoms with Crippen LogP contribution in [0.2, 0.25) is 0 Å². The Morgan fingerprint density at radius 2 is 1.88 bits per heavy atom. The first-order valence-corrected chi connectivity index (χ1v) is 7.59. The second-order valence-electron chi connectivity index (χ2n) is 5.65. The lowest BCUT2D eigenvalue weighted by Crippen LogP contribution is -2.30. The van der Waals surface area contributed by atoms with Crippen molar-refractivity contribution >= 4 is 11.7 Å². The molecule has 3 rings (SSSR count). The summed E-state index contributed by atoms with van der Waals surface area (Å²) in [4.78, 5) is 11.9. The molecule has 0 radical (unpaired) electrons. The lowest BCUT2D eigenvalue weighted by molar-refractivity contribution is -0.173. The second kappa shape index (κ2) is 6.39. The summed E-state index contributed by atoms with van der Waals surface area (Å²) in [5, 5.41) is 23.9. The van der Waals surface area contributed by atoms with Gasteiger partial charge >= 0.3 is 12.1 Å². The van der Waals surface area contributed by atoms with Crippen molar-refractivity contribution in [3.63, 3.8) is 0 Å². The quantitative estimate of drug-likeness (QED) is 0.637. The number of nitrogens with one attached hydrogen (secondary N) is 2. The maximum atomic E-state index is 13.6. The fourth-order valence-corrected chi connectivity index (χ4v) is 2.38. The van der Waals surface area contributed by atoms with Gasteiger partial charge in [-0.25, -0.2) is 4.79 Å². The highest BCUT2D eigenvalue weighted by Crippen LogP contribution is 2.41. The largest absolute Gasteiger partial charge is 0.504 e. The van der Waals surface area contributed by atoms with Crippen LogP contribution >= 0.6 is 0 Å². The number of phenols is 2. The maximum absolute atomic E-state index is 13.6. The number of aromatic hydroxyl groups is 2. The van der Waals surface area contributed by atoms with Gasteiger partial charge in [0.25, 0.3) is 0 Å². The third-order valence-electron chi connectivity index (χ3n) is 3.53. The lowest BCUT2D eigenvalue weighted by atomic mass is 10.1. The van der Waals surface area contributed by atoms with Gasteiger partial charge in [-0.3, -0.25) is 0 Å². The molecule has 1 unspecified atom stereocenters. The number of carbonyl (C=O) groups excluding carboxylic acids is 1. The van der Waals surface area contributed by atoms with Gasteiger partial charge in [0.2, 0.25) is 0 Å². The van der Waals surface area contributed by atoms with Crippen molar-refractivity contribution in [2.24, 2.45) is 0 Å². The molecule has 0 spiro atoms. The van der Waals surface area contributed by atoms with E-state index in [9.17, 15) is 19.4 Å². The Kier molecular flexibility index (Phi) is 4.26. The Morgan fingerprint density at radius 1 is 1.12 bits per heavy atom. The van der Waals surface area contributed by atoms with Crippen molar-refractivity contribution < 1.29 is 28.9 Å². The Balaban J connectivity index is 1.51. The van der Waals surface area contributed by atoms with Crippen LogP contribution in [0, 0.1) is 0 Å². The summed E-state index contributed by atoms with van der Waals surface area (Å²) in [7, 11) is 0. The highest BCUT2D eigenvalue weighted by atomic mass is 19.2. The van der Waals surface area contributed by atoms with Gasteiger partial charge < -0.3 is 30.3 Å². The number of ether oxygens (including phenoxy) is 2. The molecule has 2 amide bonds. The van der Waals surface area contributed by atoms with E-state index in [-0.39, 0.29) is 23.0 Å². The van der Waals surface area contributed by atoms with E-state index in [1.54, 1.807) is 12.1 Å². The lowest BCUT2D eigenvalue weighted by Gasteiger charge is -2.10. The van der Waals surface area contributed by atoms with Crippen LogP contribution in [0.4, 0.5) is 14.9 Å². The Hall–Kier alpha value is -3.16. The predicted molar refractivity (Wildman–Crippen MR) is 87.7 cm³/mol. The van der Waals surface area contributed by atoms with Gasteiger partial charge in [0.05, 0.1) is 0 Å². The third-order valence-corrected chi connectivity index (χ3v) is 3.53. The molecule has 25 heavy (non-hydrogen) atoms. The van der Waals surface area contributed by atoms with Gasteiger partial charge in [-0.15, -0.1) is 0 Å². The van der Waals surface area contributed by atoms with Crippen molar-refractivity contribution in [1.82, 2.24) is 5.32 Å². The molecule has 8 heteroatoms. The number of hydrogen-bond acceptors (Lipinski definition) is 5. The standard InChI is InChI=1S/C17H17FN2O5/c1-17(18)24-14-5-3-11(9-15(14)25-17)20-16(23)19-7-6-10-2-4-12(21)13(22)8-10/h2-5,8-9,21-22H,6-7H2,1H3,(H2,19,20,23). The van der Waals surface area contributed by atoms with E-state index in [1.165, 1.54) is 24.3 Å². The highest BCUT2D eigenvalue weighted by molar-refractivity contribution is 5.89. The first kappa shape index (κ1) is 16.7. The zero-order valence-corrected chi connectivity index (χ0v) is 13.4. The van der Waals surface area contributed by atoms with Gasteiger partial charge in [-0.2, -0.15) is 4.39 Å². The number of anilines is 1. The summed E-state index contributed by atoms with van der Waals surface area (Å²) in [6.45, 7) is 1.47. The number of alkyl halides is 1. The average molecular weight is 348 g/mol. The average Bonchev–Trinajstić information content (AvgIpc) is 2.84. The first-order chi connectivity index (χ1) is 11.8. The fraction of sp³-hybridized carbons (Fsp3) is 0.235. The molecule has 0 bridgehead atoms. The molecule has 1 aliphatic heterocycles. The van der Waals surface area contributed by atoms with E-state index in [1.807, 2.05) is 0 Å². The van der Waals surface area contributed by atoms with Gasteiger partial charge in [0.1, 0.15) is 0 Å². The smallest absolute Gasteiger partial charge is 0.404 e. The molecule has 0 aliphatic carbocycles. The van der Waals surface area contributed by atoms with Crippen LogP contribution in [-0.2, 0) is 6.42 Å². The van der Waals surface area contributed by atoms with E-state index in [0.29, 0.717) is 18.7 Å². The number of urea groups is 1. The molecule has 0 fully saturated rings. The van der Waals surface area contributed by atoms with E-state index in [0.717, 1.165) is 12.5 Å². The van der Waals surface area contributed by atoms with Crippen LogP contribution in [0.15, 0.2) is 36.4 Å². The predicted octanol–water partition coefficient (Wildman–Crippen LogP) is 2.88. The van der Waals surface area contributed by atoms with Crippen LogP contribution in [-0.4, -0.2) is 28.8 Å². The molecule has 1 heterocycles. The molecular formula is C17H17FN2O5. The van der Waals surface area contributed by atoms with Crippen molar-refractivity contribution in [1.29, 1.82) is 0 Å². The first-order valence-electron chi connectivity index (χ1n) is 7.59. The Bertz CT molecular complexity index is 810. The number of hydrogen-bond donors (Lipinski definition) is 4. The molecule has 1 aliphatic rings. The molecule has 7 nitrogen and oxygen atoms in total. The minimum absolute atomic E-state index is 0.193. The SMILES string of the molecule is CC1(F)Oc2ccc(NC(=O)NCCc3ccc(O)c(O)c3)cc2O1. The monoisotopic (exact) mass is 348 g/mol. The number of amides is 2. The van der Waals surface area contributed by atoms with Gasteiger partial charge in [-0.1, -0.05) is 6.07 Å². The number of phenolic OH excluding ortho intramolecular Hbond substituents is 2. The van der Waals surface area contributed by atoms with E-state index in [2.05, 4.69) is 10.6 Å². The van der Waals surface area contributed by atoms with Crippen molar-refractivity contribution in [2.75, 3.05) is 11.9 Å². The summed E-state index contributed by atoms with van der Waals surface area (Å²) in [5.74, 6) is 0.0780. The van der Waals surface area contributed by atoms with Gasteiger partial charge in [-0.05, 0) is 36.2 Å².